The standard InChI is InChI=1S/C17H13BrF3N5O4/c1-3-30-9-4-5-10(11(7-9)26(28)29)23-16(27)14-13(18)15-22-8(2)6-12(17(19,20)21)25(15)24-14/h4-7H,3H2,1-2H3,(H,23,27). The second-order valence-corrected chi connectivity index (χ2v) is 6.79. The molecular formula is C17H13BrF3N5O4. The highest BCUT2D eigenvalue weighted by molar-refractivity contribution is 9.10. The van der Waals surface area contributed by atoms with Crippen LogP contribution in [0.1, 0.15) is 28.8 Å². The number of fused-ring (bicyclic) bond motifs is 1. The lowest BCUT2D eigenvalue weighted by molar-refractivity contribution is -0.384. The summed E-state index contributed by atoms with van der Waals surface area (Å²) in [5.74, 6) is -0.726. The van der Waals surface area contributed by atoms with Crippen molar-refractivity contribution in [1.82, 2.24) is 14.6 Å². The van der Waals surface area contributed by atoms with E-state index in [0.717, 1.165) is 12.1 Å². The predicted molar refractivity (Wildman–Crippen MR) is 103 cm³/mol. The number of hydrogen-bond acceptors (Lipinski definition) is 6. The number of carbonyl (C=O) groups excluding carboxylic acids is 1. The third kappa shape index (κ3) is 4.06. The van der Waals surface area contributed by atoms with Gasteiger partial charge in [0.15, 0.2) is 11.3 Å². The zero-order chi connectivity index (χ0) is 22.2. The number of nitrogens with one attached hydrogen (secondary N) is 1. The molecule has 13 heteroatoms. The molecule has 3 rings (SSSR count). The van der Waals surface area contributed by atoms with Crippen LogP contribution in [0.25, 0.3) is 5.65 Å². The molecular weight excluding hydrogens is 475 g/mol. The van der Waals surface area contributed by atoms with Crippen molar-refractivity contribution in [3.05, 3.63) is 55.9 Å². The van der Waals surface area contributed by atoms with Gasteiger partial charge in [0.25, 0.3) is 11.6 Å². The van der Waals surface area contributed by atoms with Gasteiger partial charge in [0.05, 0.1) is 22.1 Å². The fourth-order valence-electron chi connectivity index (χ4n) is 2.67. The summed E-state index contributed by atoms with van der Waals surface area (Å²) in [5.41, 5.74) is -2.28. The summed E-state index contributed by atoms with van der Waals surface area (Å²) < 4.78 is 45.6. The third-order valence-electron chi connectivity index (χ3n) is 3.89. The van der Waals surface area contributed by atoms with Crippen molar-refractivity contribution < 1.29 is 27.6 Å². The molecule has 9 nitrogen and oxygen atoms in total. The Kier molecular flexibility index (Phi) is 5.65. The summed E-state index contributed by atoms with van der Waals surface area (Å²) in [5, 5.41) is 17.4. The molecule has 0 aliphatic heterocycles. The Morgan fingerprint density at radius 1 is 1.37 bits per heavy atom. The fourth-order valence-corrected chi connectivity index (χ4v) is 3.18. The van der Waals surface area contributed by atoms with Crippen molar-refractivity contribution in [2.75, 3.05) is 11.9 Å². The molecule has 0 atom stereocenters. The number of nitro groups is 1. The first-order valence-electron chi connectivity index (χ1n) is 8.38. The van der Waals surface area contributed by atoms with Crippen LogP contribution in [0.4, 0.5) is 24.5 Å². The van der Waals surface area contributed by atoms with Gasteiger partial charge in [0, 0.05) is 5.69 Å². The maximum absolute atomic E-state index is 13.3. The van der Waals surface area contributed by atoms with Gasteiger partial charge in [-0.1, -0.05) is 0 Å². The number of aryl methyl sites for hydroxylation is 1. The number of aromatic nitrogens is 3. The Labute approximate surface area is 175 Å². The summed E-state index contributed by atoms with van der Waals surface area (Å²) in [6.07, 6.45) is -4.74. The van der Waals surface area contributed by atoms with Gasteiger partial charge in [-0.2, -0.15) is 18.3 Å². The number of rotatable bonds is 5. The number of ether oxygens (including phenoxy) is 1. The molecule has 0 radical (unpaired) electrons. The Morgan fingerprint density at radius 3 is 2.67 bits per heavy atom. The maximum atomic E-state index is 13.3. The quantitative estimate of drug-likeness (QED) is 0.422. The van der Waals surface area contributed by atoms with Gasteiger partial charge in [-0.25, -0.2) is 9.50 Å². The van der Waals surface area contributed by atoms with Crippen molar-refractivity contribution >= 4 is 38.9 Å². The number of carbonyl (C=O) groups is 1. The summed E-state index contributed by atoms with van der Waals surface area (Å²) in [6.45, 7) is 3.36. The smallest absolute Gasteiger partial charge is 0.433 e. The minimum absolute atomic E-state index is 0.0736. The lowest BCUT2D eigenvalue weighted by atomic mass is 10.2. The van der Waals surface area contributed by atoms with Gasteiger partial charge in [0.1, 0.15) is 17.1 Å². The zero-order valence-electron chi connectivity index (χ0n) is 15.5. The number of alkyl halides is 3. The highest BCUT2D eigenvalue weighted by atomic mass is 79.9. The normalized spacial score (nSPS) is 11.5. The number of hydrogen-bond donors (Lipinski definition) is 1. The molecule has 0 saturated heterocycles. The second kappa shape index (κ2) is 7.89. The van der Waals surface area contributed by atoms with Gasteiger partial charge in [-0.15, -0.1) is 0 Å². The number of benzene rings is 1. The van der Waals surface area contributed by atoms with E-state index in [1.807, 2.05) is 0 Å². The van der Waals surface area contributed by atoms with E-state index in [2.05, 4.69) is 31.3 Å². The van der Waals surface area contributed by atoms with Gasteiger partial charge >= 0.3 is 6.18 Å². The van der Waals surface area contributed by atoms with E-state index in [1.165, 1.54) is 19.1 Å². The first-order valence-corrected chi connectivity index (χ1v) is 9.18. The van der Waals surface area contributed by atoms with Crippen LogP contribution in [0.3, 0.4) is 0 Å². The average Bonchev–Trinajstić information content (AvgIpc) is 2.98. The number of amides is 1. The van der Waals surface area contributed by atoms with Crippen LogP contribution in [0, 0.1) is 17.0 Å². The van der Waals surface area contributed by atoms with Crippen LogP contribution in [0.5, 0.6) is 5.75 Å². The molecule has 0 aliphatic carbocycles. The van der Waals surface area contributed by atoms with Crippen LogP contribution in [-0.2, 0) is 6.18 Å². The number of halogens is 4. The lowest BCUT2D eigenvalue weighted by Crippen LogP contribution is -2.16. The largest absolute Gasteiger partial charge is 0.494 e. The molecule has 2 heterocycles. The van der Waals surface area contributed by atoms with Crippen LogP contribution in [-0.4, -0.2) is 32.0 Å². The van der Waals surface area contributed by atoms with Gasteiger partial charge in [0.2, 0.25) is 0 Å². The molecule has 1 N–H and O–H groups in total. The first kappa shape index (κ1) is 21.5. The summed E-state index contributed by atoms with van der Waals surface area (Å²) >= 11 is 3.05. The van der Waals surface area contributed by atoms with Gasteiger partial charge in [-0.3, -0.25) is 14.9 Å². The highest BCUT2D eigenvalue weighted by Gasteiger charge is 2.36. The van der Waals surface area contributed by atoms with E-state index in [-0.39, 0.29) is 33.9 Å². The van der Waals surface area contributed by atoms with Crippen molar-refractivity contribution in [2.45, 2.75) is 20.0 Å². The molecule has 0 bridgehead atoms. The zero-order valence-corrected chi connectivity index (χ0v) is 17.0. The Morgan fingerprint density at radius 2 is 2.07 bits per heavy atom. The van der Waals surface area contributed by atoms with Gasteiger partial charge < -0.3 is 10.1 Å². The predicted octanol–water partition coefficient (Wildman–Crippen LogP) is 4.38. The van der Waals surface area contributed by atoms with Crippen LogP contribution in [0.2, 0.25) is 0 Å². The Bertz CT molecular complexity index is 1160. The average molecular weight is 488 g/mol. The molecule has 0 unspecified atom stereocenters. The molecule has 158 valence electrons. The van der Waals surface area contributed by atoms with E-state index >= 15 is 0 Å². The topological polar surface area (TPSA) is 112 Å². The molecule has 2 aromatic heterocycles. The molecule has 3 aromatic rings. The lowest BCUT2D eigenvalue weighted by Gasteiger charge is -2.09. The molecule has 0 aliphatic rings. The molecule has 0 spiro atoms. The fraction of sp³-hybridized carbons (Fsp3) is 0.235. The minimum Gasteiger partial charge on any atom is -0.494 e. The Balaban J connectivity index is 2.04. The summed E-state index contributed by atoms with van der Waals surface area (Å²) in [6, 6.07) is 4.60. The van der Waals surface area contributed by atoms with Crippen molar-refractivity contribution in [3.8, 4) is 5.75 Å². The van der Waals surface area contributed by atoms with Gasteiger partial charge in [-0.05, 0) is 48.0 Å². The van der Waals surface area contributed by atoms with E-state index in [1.54, 1.807) is 6.92 Å². The Hall–Kier alpha value is -3.22. The third-order valence-corrected chi connectivity index (χ3v) is 4.62. The molecule has 1 aromatic carbocycles. The number of nitrogens with zero attached hydrogens (tertiary/aromatic N) is 4. The van der Waals surface area contributed by atoms with Crippen molar-refractivity contribution in [3.63, 3.8) is 0 Å². The van der Waals surface area contributed by atoms with Crippen molar-refractivity contribution in [2.24, 2.45) is 0 Å². The van der Waals surface area contributed by atoms with E-state index in [0.29, 0.717) is 4.52 Å². The van der Waals surface area contributed by atoms with Crippen LogP contribution in [0.15, 0.2) is 28.7 Å². The molecule has 0 fully saturated rings. The number of nitro benzene ring substituents is 1. The maximum Gasteiger partial charge on any atom is 0.433 e. The highest BCUT2D eigenvalue weighted by Crippen LogP contribution is 2.33. The second-order valence-electron chi connectivity index (χ2n) is 6.00. The SMILES string of the molecule is CCOc1ccc(NC(=O)c2nn3c(C(F)(F)F)cc(C)nc3c2Br)c([N+](=O)[O-])c1. The van der Waals surface area contributed by atoms with Crippen molar-refractivity contribution in [1.29, 1.82) is 0 Å². The molecule has 1 amide bonds. The van der Waals surface area contributed by atoms with E-state index in [9.17, 15) is 28.1 Å². The monoisotopic (exact) mass is 487 g/mol. The summed E-state index contributed by atoms with van der Waals surface area (Å²) in [4.78, 5) is 27.3. The molecule has 0 saturated carbocycles. The minimum atomic E-state index is -4.74. The van der Waals surface area contributed by atoms with E-state index < -0.39 is 34.1 Å². The molecule has 30 heavy (non-hydrogen) atoms. The van der Waals surface area contributed by atoms with E-state index in [4.69, 9.17) is 4.74 Å². The van der Waals surface area contributed by atoms with Crippen LogP contribution >= 0.6 is 15.9 Å². The van der Waals surface area contributed by atoms with Crippen LogP contribution < -0.4 is 10.1 Å². The summed E-state index contributed by atoms with van der Waals surface area (Å²) in [7, 11) is 0. The number of anilines is 1. The first-order chi connectivity index (χ1) is 14.0.